The largest absolute Gasteiger partial charge is 0.332 e. The molecule has 2 aromatic heterocycles. The van der Waals surface area contributed by atoms with E-state index in [0.29, 0.717) is 29.9 Å². The third-order valence-electron chi connectivity index (χ3n) is 4.49. The molecule has 0 amide bonds. The molecule has 0 radical (unpaired) electrons. The van der Waals surface area contributed by atoms with Gasteiger partial charge in [-0.2, -0.15) is 10.1 Å². The zero-order valence-corrected chi connectivity index (χ0v) is 14.1. The number of hydrogen-bond donors (Lipinski definition) is 0. The summed E-state index contributed by atoms with van der Waals surface area (Å²) in [4.78, 5) is 16.4. The van der Waals surface area contributed by atoms with Gasteiger partial charge in [0, 0.05) is 12.6 Å². The van der Waals surface area contributed by atoms with Crippen molar-refractivity contribution in [2.45, 2.75) is 38.6 Å². The van der Waals surface area contributed by atoms with Crippen molar-refractivity contribution in [1.82, 2.24) is 19.9 Å². The van der Waals surface area contributed by atoms with E-state index in [1.54, 1.807) is 6.07 Å². The van der Waals surface area contributed by atoms with Crippen molar-refractivity contribution in [3.8, 4) is 11.6 Å². The summed E-state index contributed by atoms with van der Waals surface area (Å²) in [6.45, 7) is 2.58. The van der Waals surface area contributed by atoms with E-state index in [0.717, 1.165) is 6.42 Å². The van der Waals surface area contributed by atoms with Crippen LogP contribution in [-0.4, -0.2) is 19.9 Å². The predicted octanol–water partition coefficient (Wildman–Crippen LogP) is 3.25. The molecular formula is C19H20N4O2. The molecule has 1 aliphatic rings. The Labute approximate surface area is 145 Å². The molecule has 6 nitrogen and oxygen atoms in total. The molecule has 4 rings (SSSR count). The zero-order chi connectivity index (χ0) is 17.2. The summed E-state index contributed by atoms with van der Waals surface area (Å²) in [6.07, 6.45) is 3.20. The molecule has 0 unspecified atom stereocenters. The molecule has 1 atom stereocenters. The van der Waals surface area contributed by atoms with Crippen LogP contribution in [0.1, 0.15) is 43.5 Å². The molecular weight excluding hydrogens is 316 g/mol. The highest BCUT2D eigenvalue weighted by Crippen LogP contribution is 2.45. The predicted molar refractivity (Wildman–Crippen MR) is 93.1 cm³/mol. The molecule has 25 heavy (non-hydrogen) atoms. The Balaban J connectivity index is 1.68. The van der Waals surface area contributed by atoms with Crippen LogP contribution in [0.15, 0.2) is 51.8 Å². The lowest BCUT2D eigenvalue weighted by Gasteiger charge is -2.11. The van der Waals surface area contributed by atoms with Gasteiger partial charge < -0.3 is 4.52 Å². The lowest BCUT2D eigenvalue weighted by molar-refractivity contribution is 0.413. The van der Waals surface area contributed by atoms with Crippen LogP contribution in [-0.2, 0) is 6.54 Å². The highest BCUT2D eigenvalue weighted by atomic mass is 16.5. The Hall–Kier alpha value is -2.76. The first-order valence-electron chi connectivity index (χ1n) is 8.73. The van der Waals surface area contributed by atoms with E-state index in [4.69, 9.17) is 4.52 Å². The van der Waals surface area contributed by atoms with E-state index >= 15 is 0 Å². The Morgan fingerprint density at radius 2 is 2.00 bits per heavy atom. The maximum Gasteiger partial charge on any atom is 0.278 e. The zero-order valence-electron chi connectivity index (χ0n) is 14.1. The lowest BCUT2D eigenvalue weighted by atomic mass is 9.93. The Bertz CT molecular complexity index is 912. The maximum atomic E-state index is 11.8. The van der Waals surface area contributed by atoms with E-state index < -0.39 is 0 Å². The van der Waals surface area contributed by atoms with E-state index in [2.05, 4.69) is 27.4 Å². The monoisotopic (exact) mass is 336 g/mol. The Kier molecular flexibility index (Phi) is 4.17. The fourth-order valence-electron chi connectivity index (χ4n) is 3.12. The third kappa shape index (κ3) is 3.24. The van der Waals surface area contributed by atoms with Gasteiger partial charge >= 0.3 is 0 Å². The molecule has 0 aliphatic heterocycles. The highest BCUT2D eigenvalue weighted by molar-refractivity contribution is 5.45. The molecule has 1 saturated carbocycles. The number of hydrogen-bond acceptors (Lipinski definition) is 5. The summed E-state index contributed by atoms with van der Waals surface area (Å²) in [6, 6.07) is 13.4. The van der Waals surface area contributed by atoms with Crippen LogP contribution >= 0.6 is 0 Å². The summed E-state index contributed by atoms with van der Waals surface area (Å²) >= 11 is 0. The van der Waals surface area contributed by atoms with Crippen LogP contribution in [0, 0.1) is 5.92 Å². The van der Waals surface area contributed by atoms with Gasteiger partial charge in [0.15, 0.2) is 5.82 Å². The standard InChI is InChI=1S/C19H20N4O2/c1-2-12-23-16(24)11-10-15(21-23)19-20-18(22-25-19)17(14-8-9-14)13-6-4-3-5-7-13/h3-7,10-11,14,17H,2,8-9,12H2,1H3/t17-/m0/s1. The van der Waals surface area contributed by atoms with E-state index in [1.165, 1.54) is 29.2 Å². The second-order valence-corrected chi connectivity index (χ2v) is 6.46. The summed E-state index contributed by atoms with van der Waals surface area (Å²) in [7, 11) is 0. The topological polar surface area (TPSA) is 73.8 Å². The SMILES string of the molecule is CCCn1nc(-c2nc([C@@H](c3ccccc3)C3CC3)no2)ccc1=O. The molecule has 1 fully saturated rings. The van der Waals surface area contributed by atoms with Crippen molar-refractivity contribution >= 4 is 0 Å². The minimum Gasteiger partial charge on any atom is -0.332 e. The third-order valence-corrected chi connectivity index (χ3v) is 4.49. The van der Waals surface area contributed by atoms with Gasteiger partial charge in [0.25, 0.3) is 11.4 Å². The molecule has 0 saturated heterocycles. The fourth-order valence-corrected chi connectivity index (χ4v) is 3.12. The van der Waals surface area contributed by atoms with Crippen LogP contribution in [0.3, 0.4) is 0 Å². The lowest BCUT2D eigenvalue weighted by Crippen LogP contribution is -2.22. The molecule has 1 aromatic carbocycles. The van der Waals surface area contributed by atoms with Gasteiger partial charge in [-0.05, 0) is 36.8 Å². The Morgan fingerprint density at radius 3 is 2.72 bits per heavy atom. The summed E-state index contributed by atoms with van der Waals surface area (Å²) in [5.74, 6) is 1.77. The molecule has 3 aromatic rings. The van der Waals surface area contributed by atoms with Crippen LogP contribution < -0.4 is 5.56 Å². The highest BCUT2D eigenvalue weighted by Gasteiger charge is 2.36. The van der Waals surface area contributed by atoms with Crippen molar-refractivity contribution in [3.63, 3.8) is 0 Å². The van der Waals surface area contributed by atoms with Crippen LogP contribution in [0.5, 0.6) is 0 Å². The van der Waals surface area contributed by atoms with Gasteiger partial charge in [0.2, 0.25) is 0 Å². The molecule has 6 heteroatoms. The summed E-state index contributed by atoms with van der Waals surface area (Å²) in [5, 5.41) is 8.56. The van der Waals surface area contributed by atoms with Gasteiger partial charge in [-0.25, -0.2) is 4.68 Å². The number of aromatic nitrogens is 4. The van der Waals surface area contributed by atoms with Crippen molar-refractivity contribution in [2.24, 2.45) is 5.92 Å². The van der Waals surface area contributed by atoms with E-state index in [-0.39, 0.29) is 11.5 Å². The molecule has 2 heterocycles. The second kappa shape index (κ2) is 6.63. The first-order valence-corrected chi connectivity index (χ1v) is 8.73. The molecule has 0 spiro atoms. The molecule has 1 aliphatic carbocycles. The maximum absolute atomic E-state index is 11.8. The van der Waals surface area contributed by atoms with Gasteiger partial charge in [-0.1, -0.05) is 42.4 Å². The average Bonchev–Trinajstić information content (AvgIpc) is 3.35. The number of nitrogens with zero attached hydrogens (tertiary/aromatic N) is 4. The van der Waals surface area contributed by atoms with Gasteiger partial charge in [-0.3, -0.25) is 4.79 Å². The summed E-state index contributed by atoms with van der Waals surface area (Å²) in [5.41, 5.74) is 1.63. The first-order chi connectivity index (χ1) is 12.3. The molecule has 0 N–H and O–H groups in total. The quantitative estimate of drug-likeness (QED) is 0.691. The second-order valence-electron chi connectivity index (χ2n) is 6.46. The Morgan fingerprint density at radius 1 is 1.20 bits per heavy atom. The van der Waals surface area contributed by atoms with Crippen LogP contribution in [0.25, 0.3) is 11.6 Å². The first kappa shape index (κ1) is 15.7. The van der Waals surface area contributed by atoms with Crippen molar-refractivity contribution in [2.75, 3.05) is 0 Å². The van der Waals surface area contributed by atoms with E-state index in [1.807, 2.05) is 25.1 Å². The summed E-state index contributed by atoms with van der Waals surface area (Å²) < 4.78 is 6.90. The van der Waals surface area contributed by atoms with Crippen molar-refractivity contribution in [3.05, 3.63) is 64.2 Å². The van der Waals surface area contributed by atoms with Crippen molar-refractivity contribution < 1.29 is 4.52 Å². The number of aryl methyl sites for hydroxylation is 1. The number of rotatable bonds is 6. The van der Waals surface area contributed by atoms with Crippen LogP contribution in [0.2, 0.25) is 0 Å². The molecule has 128 valence electrons. The normalized spacial score (nSPS) is 15.2. The van der Waals surface area contributed by atoms with Crippen molar-refractivity contribution in [1.29, 1.82) is 0 Å². The van der Waals surface area contributed by atoms with Gasteiger partial charge in [0.05, 0.1) is 5.92 Å². The minimum absolute atomic E-state index is 0.120. The minimum atomic E-state index is -0.120. The van der Waals surface area contributed by atoms with Gasteiger partial charge in [0.1, 0.15) is 5.69 Å². The molecule has 0 bridgehead atoms. The van der Waals surface area contributed by atoms with Crippen LogP contribution in [0.4, 0.5) is 0 Å². The fraction of sp³-hybridized carbons (Fsp3) is 0.368. The smallest absolute Gasteiger partial charge is 0.278 e. The number of benzene rings is 1. The average molecular weight is 336 g/mol. The van der Waals surface area contributed by atoms with Gasteiger partial charge in [-0.15, -0.1) is 0 Å². The van der Waals surface area contributed by atoms with E-state index in [9.17, 15) is 4.79 Å².